The molecule has 0 unspecified atom stereocenters. The minimum Gasteiger partial charge on any atom is -0.491 e. The Kier molecular flexibility index (Phi) is 7.95. The van der Waals surface area contributed by atoms with Gasteiger partial charge in [-0.05, 0) is 48.1 Å². The lowest BCUT2D eigenvalue weighted by molar-refractivity contribution is -0.143. The third kappa shape index (κ3) is 6.59. The number of hydrogen-bond acceptors (Lipinski definition) is 4. The lowest BCUT2D eigenvalue weighted by Gasteiger charge is -2.16. The first-order chi connectivity index (χ1) is 9.52. The first-order valence-corrected chi connectivity index (χ1v) is 7.62. The van der Waals surface area contributed by atoms with E-state index in [9.17, 15) is 4.79 Å². The van der Waals surface area contributed by atoms with Gasteiger partial charge in [-0.1, -0.05) is 11.6 Å². The molecule has 1 aromatic carbocycles. The van der Waals surface area contributed by atoms with Gasteiger partial charge in [0.15, 0.2) is 0 Å². The number of ether oxygens (including phenoxy) is 2. The number of carbonyl (C=O) groups excluding carboxylic acids is 1. The summed E-state index contributed by atoms with van der Waals surface area (Å²) in [5.74, 6) is 0.592. The fraction of sp³-hybridized carbons (Fsp3) is 0.500. The number of halogens is 2. The van der Waals surface area contributed by atoms with E-state index in [1.165, 1.54) is 0 Å². The van der Waals surface area contributed by atoms with Crippen LogP contribution in [0.25, 0.3) is 0 Å². The monoisotopic (exact) mass is 363 g/mol. The maximum absolute atomic E-state index is 11.2. The summed E-state index contributed by atoms with van der Waals surface area (Å²) in [7, 11) is 1.94. The number of benzene rings is 1. The van der Waals surface area contributed by atoms with Gasteiger partial charge in [-0.2, -0.15) is 0 Å². The van der Waals surface area contributed by atoms with Crippen molar-refractivity contribution >= 4 is 33.5 Å². The van der Waals surface area contributed by atoms with Gasteiger partial charge in [0.05, 0.1) is 17.5 Å². The second kappa shape index (κ2) is 9.21. The van der Waals surface area contributed by atoms with Crippen LogP contribution in [0.5, 0.6) is 5.75 Å². The summed E-state index contributed by atoms with van der Waals surface area (Å²) in [4.78, 5) is 13.2. The van der Waals surface area contributed by atoms with E-state index in [-0.39, 0.29) is 5.97 Å². The summed E-state index contributed by atoms with van der Waals surface area (Å²) >= 11 is 9.26. The number of carbonyl (C=O) groups is 1. The molecule has 0 spiro atoms. The van der Waals surface area contributed by atoms with Crippen LogP contribution < -0.4 is 4.74 Å². The van der Waals surface area contributed by atoms with Crippen molar-refractivity contribution in [3.05, 3.63) is 27.7 Å². The van der Waals surface area contributed by atoms with Crippen molar-refractivity contribution in [2.75, 3.05) is 33.4 Å². The number of esters is 1. The van der Waals surface area contributed by atoms with Crippen molar-refractivity contribution in [2.24, 2.45) is 0 Å². The van der Waals surface area contributed by atoms with Crippen LogP contribution in [0, 0.1) is 0 Å². The quantitative estimate of drug-likeness (QED) is 0.663. The molecule has 1 aromatic rings. The van der Waals surface area contributed by atoms with Gasteiger partial charge in [-0.15, -0.1) is 0 Å². The molecular formula is C14H19BrClNO3. The average Bonchev–Trinajstić information content (AvgIpc) is 2.39. The van der Waals surface area contributed by atoms with Crippen molar-refractivity contribution in [2.45, 2.75) is 13.3 Å². The standard InChI is InChI=1S/C14H19BrClNO3/c1-3-19-14(18)6-7-17(2)8-9-20-13-5-4-11(16)10-12(13)15/h4-5,10H,3,6-9H2,1-2H3. The third-order valence-corrected chi connectivity index (χ3v) is 3.48. The molecule has 0 aromatic heterocycles. The van der Waals surface area contributed by atoms with E-state index >= 15 is 0 Å². The fourth-order valence-corrected chi connectivity index (χ4v) is 2.33. The maximum Gasteiger partial charge on any atom is 0.307 e. The Labute approximate surface area is 133 Å². The Bertz CT molecular complexity index is 442. The highest BCUT2D eigenvalue weighted by Gasteiger charge is 2.06. The van der Waals surface area contributed by atoms with E-state index in [1.807, 2.05) is 18.0 Å². The highest BCUT2D eigenvalue weighted by Crippen LogP contribution is 2.27. The van der Waals surface area contributed by atoms with E-state index in [0.29, 0.717) is 31.2 Å². The molecule has 0 saturated heterocycles. The molecule has 0 bridgehead atoms. The molecule has 0 aliphatic carbocycles. The largest absolute Gasteiger partial charge is 0.491 e. The van der Waals surface area contributed by atoms with Crippen LogP contribution in [0.2, 0.25) is 5.02 Å². The first kappa shape index (κ1) is 17.3. The van der Waals surface area contributed by atoms with Gasteiger partial charge < -0.3 is 14.4 Å². The lowest BCUT2D eigenvalue weighted by atomic mass is 10.3. The second-order valence-corrected chi connectivity index (χ2v) is 5.57. The van der Waals surface area contributed by atoms with E-state index in [1.54, 1.807) is 19.1 Å². The maximum atomic E-state index is 11.2. The van der Waals surface area contributed by atoms with Crippen molar-refractivity contribution in [3.63, 3.8) is 0 Å². The molecule has 0 saturated carbocycles. The van der Waals surface area contributed by atoms with Gasteiger partial charge in [-0.3, -0.25) is 4.79 Å². The Morgan fingerprint density at radius 1 is 1.40 bits per heavy atom. The number of likely N-dealkylation sites (N-methyl/N-ethyl adjacent to an activating group) is 1. The third-order valence-electron chi connectivity index (χ3n) is 2.63. The molecule has 0 atom stereocenters. The Morgan fingerprint density at radius 2 is 2.15 bits per heavy atom. The zero-order chi connectivity index (χ0) is 15.0. The topological polar surface area (TPSA) is 38.8 Å². The van der Waals surface area contributed by atoms with E-state index in [4.69, 9.17) is 21.1 Å². The summed E-state index contributed by atoms with van der Waals surface area (Å²) in [5.41, 5.74) is 0. The van der Waals surface area contributed by atoms with E-state index in [0.717, 1.165) is 16.8 Å². The normalized spacial score (nSPS) is 10.7. The first-order valence-electron chi connectivity index (χ1n) is 6.45. The summed E-state index contributed by atoms with van der Waals surface area (Å²) in [6.45, 7) is 4.16. The number of nitrogens with zero attached hydrogens (tertiary/aromatic N) is 1. The molecule has 0 aliphatic heterocycles. The smallest absolute Gasteiger partial charge is 0.307 e. The molecule has 20 heavy (non-hydrogen) atoms. The summed E-state index contributed by atoms with van der Waals surface area (Å²) in [5, 5.41) is 0.663. The van der Waals surface area contributed by atoms with Gasteiger partial charge >= 0.3 is 5.97 Å². The number of hydrogen-bond donors (Lipinski definition) is 0. The van der Waals surface area contributed by atoms with Gasteiger partial charge in [0.2, 0.25) is 0 Å². The summed E-state index contributed by atoms with van der Waals surface area (Å²) in [6.07, 6.45) is 0.398. The van der Waals surface area contributed by atoms with Crippen LogP contribution in [0.4, 0.5) is 0 Å². The predicted octanol–water partition coefficient (Wildman–Crippen LogP) is 3.37. The highest BCUT2D eigenvalue weighted by atomic mass is 79.9. The average molecular weight is 365 g/mol. The van der Waals surface area contributed by atoms with Crippen molar-refractivity contribution in [1.29, 1.82) is 0 Å². The zero-order valence-corrected chi connectivity index (χ0v) is 14.0. The van der Waals surface area contributed by atoms with Gasteiger partial charge in [0.1, 0.15) is 12.4 Å². The molecule has 0 N–H and O–H groups in total. The van der Waals surface area contributed by atoms with Crippen LogP contribution in [0.1, 0.15) is 13.3 Å². The Morgan fingerprint density at radius 3 is 2.80 bits per heavy atom. The highest BCUT2D eigenvalue weighted by molar-refractivity contribution is 9.10. The molecule has 0 radical (unpaired) electrons. The van der Waals surface area contributed by atoms with Gasteiger partial charge in [0, 0.05) is 18.1 Å². The Hall–Kier alpha value is -0.780. The van der Waals surface area contributed by atoms with E-state index < -0.39 is 0 Å². The van der Waals surface area contributed by atoms with Crippen LogP contribution in [-0.2, 0) is 9.53 Å². The molecule has 4 nitrogen and oxygen atoms in total. The molecule has 0 heterocycles. The van der Waals surface area contributed by atoms with Crippen LogP contribution in [-0.4, -0.2) is 44.2 Å². The number of rotatable bonds is 8. The summed E-state index contributed by atoms with van der Waals surface area (Å²) in [6, 6.07) is 5.40. The van der Waals surface area contributed by atoms with Crippen LogP contribution in [0.3, 0.4) is 0 Å². The van der Waals surface area contributed by atoms with Crippen LogP contribution >= 0.6 is 27.5 Å². The minimum absolute atomic E-state index is 0.166. The minimum atomic E-state index is -0.166. The van der Waals surface area contributed by atoms with Crippen LogP contribution in [0.15, 0.2) is 22.7 Å². The fourth-order valence-electron chi connectivity index (χ4n) is 1.53. The van der Waals surface area contributed by atoms with Crippen molar-refractivity contribution in [3.8, 4) is 5.75 Å². The second-order valence-electron chi connectivity index (χ2n) is 4.28. The molecule has 0 amide bonds. The predicted molar refractivity (Wildman–Crippen MR) is 83.4 cm³/mol. The molecule has 1 rings (SSSR count). The van der Waals surface area contributed by atoms with Crippen molar-refractivity contribution < 1.29 is 14.3 Å². The van der Waals surface area contributed by atoms with Gasteiger partial charge in [0.25, 0.3) is 0 Å². The van der Waals surface area contributed by atoms with E-state index in [2.05, 4.69) is 15.9 Å². The molecule has 0 aliphatic rings. The Balaban J connectivity index is 2.24. The van der Waals surface area contributed by atoms with Gasteiger partial charge in [-0.25, -0.2) is 0 Å². The summed E-state index contributed by atoms with van der Waals surface area (Å²) < 4.78 is 11.4. The molecule has 6 heteroatoms. The zero-order valence-electron chi connectivity index (χ0n) is 11.7. The molecule has 112 valence electrons. The van der Waals surface area contributed by atoms with Crippen molar-refractivity contribution in [1.82, 2.24) is 4.90 Å². The SMILES string of the molecule is CCOC(=O)CCN(C)CCOc1ccc(Cl)cc1Br. The molecular weight excluding hydrogens is 346 g/mol. The molecule has 0 fully saturated rings. The lowest BCUT2D eigenvalue weighted by Crippen LogP contribution is -2.27.